The lowest BCUT2D eigenvalue weighted by atomic mass is 10.0. The summed E-state index contributed by atoms with van der Waals surface area (Å²) in [7, 11) is 1.53. The highest BCUT2D eigenvalue weighted by molar-refractivity contribution is 8.01. The summed E-state index contributed by atoms with van der Waals surface area (Å²) in [6.45, 7) is 2.55. The molecule has 1 fully saturated rings. The minimum atomic E-state index is -0.385. The summed E-state index contributed by atoms with van der Waals surface area (Å²) < 4.78 is 17.3. The van der Waals surface area contributed by atoms with Crippen molar-refractivity contribution in [1.29, 1.82) is 0 Å². The molecule has 3 aromatic rings. The number of halogens is 1. The van der Waals surface area contributed by atoms with Gasteiger partial charge in [-0.1, -0.05) is 34.7 Å². The van der Waals surface area contributed by atoms with Crippen LogP contribution in [-0.2, 0) is 9.47 Å². The van der Waals surface area contributed by atoms with E-state index in [9.17, 15) is 4.79 Å². The van der Waals surface area contributed by atoms with Gasteiger partial charge in [-0.15, -0.1) is 10.2 Å². The highest BCUT2D eigenvalue weighted by Crippen LogP contribution is 2.34. The molecule has 0 aromatic carbocycles. The molecule has 0 radical (unpaired) electrons. The SMILES string of the molecule is COc1cnc(Cl)cc1-c1cc(C)ncc1C(=O)Nc1nnc(SCC2COC(CO)CO2)s1. The van der Waals surface area contributed by atoms with Crippen LogP contribution in [0.3, 0.4) is 0 Å². The maximum Gasteiger partial charge on any atom is 0.259 e. The summed E-state index contributed by atoms with van der Waals surface area (Å²) >= 11 is 8.82. The van der Waals surface area contributed by atoms with Crippen LogP contribution >= 0.6 is 34.7 Å². The van der Waals surface area contributed by atoms with Gasteiger partial charge in [-0.2, -0.15) is 0 Å². The molecule has 4 heterocycles. The number of aliphatic hydroxyl groups excluding tert-OH is 1. The van der Waals surface area contributed by atoms with Crippen LogP contribution in [0.1, 0.15) is 16.1 Å². The Morgan fingerprint density at radius 3 is 2.76 bits per heavy atom. The smallest absolute Gasteiger partial charge is 0.259 e. The average Bonchev–Trinajstić information content (AvgIpc) is 3.30. The Balaban J connectivity index is 1.45. The number of amides is 1. The first kappa shape index (κ1) is 24.8. The van der Waals surface area contributed by atoms with Gasteiger partial charge in [0.1, 0.15) is 17.0 Å². The molecule has 0 bridgehead atoms. The van der Waals surface area contributed by atoms with Crippen LogP contribution in [-0.4, -0.2) is 76.1 Å². The molecule has 2 atom stereocenters. The number of rotatable bonds is 8. The van der Waals surface area contributed by atoms with E-state index in [-0.39, 0.29) is 29.9 Å². The Labute approximate surface area is 209 Å². The quantitative estimate of drug-likeness (QED) is 0.258. The largest absolute Gasteiger partial charge is 0.494 e. The monoisotopic (exact) mass is 523 g/mol. The fourth-order valence-electron chi connectivity index (χ4n) is 3.19. The maximum absolute atomic E-state index is 13.1. The third-order valence-corrected chi connectivity index (χ3v) is 7.20. The third-order valence-electron chi connectivity index (χ3n) is 4.89. The molecule has 1 aliphatic heterocycles. The van der Waals surface area contributed by atoms with Crippen molar-refractivity contribution in [3.8, 4) is 16.9 Å². The molecule has 0 spiro atoms. The lowest BCUT2D eigenvalue weighted by molar-refractivity contribution is -0.137. The van der Waals surface area contributed by atoms with Crippen LogP contribution in [0, 0.1) is 6.92 Å². The number of hydrogen-bond acceptors (Lipinski definition) is 11. The van der Waals surface area contributed by atoms with Gasteiger partial charge in [-0.25, -0.2) is 4.98 Å². The van der Waals surface area contributed by atoms with Gasteiger partial charge >= 0.3 is 0 Å². The zero-order chi connectivity index (χ0) is 24.1. The second kappa shape index (κ2) is 11.4. The van der Waals surface area contributed by atoms with E-state index >= 15 is 0 Å². The number of methoxy groups -OCH3 is 1. The topological polar surface area (TPSA) is 129 Å². The standard InChI is InChI=1S/C21H22ClN5O5S2/c1-11-3-14(15-4-18(22)24-6-17(15)30-2)16(5-23-11)19(29)25-20-26-27-21(34-20)33-10-13-9-31-12(7-28)8-32-13/h3-6,12-13,28H,7-10H2,1-2H3,(H,25,26,29). The molecule has 0 saturated carbocycles. The third kappa shape index (κ3) is 6.01. The number of carbonyl (C=O) groups excluding carboxylic acids is 1. The van der Waals surface area contributed by atoms with Crippen molar-refractivity contribution >= 4 is 45.7 Å². The molecule has 3 aromatic heterocycles. The number of ether oxygens (including phenoxy) is 3. The summed E-state index contributed by atoms with van der Waals surface area (Å²) in [5, 5.41) is 20.7. The van der Waals surface area contributed by atoms with Gasteiger partial charge in [-0.05, 0) is 19.1 Å². The van der Waals surface area contributed by atoms with Crippen LogP contribution in [0.15, 0.2) is 28.9 Å². The lowest BCUT2D eigenvalue weighted by Crippen LogP contribution is -2.38. The van der Waals surface area contributed by atoms with Gasteiger partial charge in [0.15, 0.2) is 4.34 Å². The predicted molar refractivity (Wildman–Crippen MR) is 129 cm³/mol. The molecule has 2 unspecified atom stereocenters. The van der Waals surface area contributed by atoms with E-state index < -0.39 is 0 Å². The first-order chi connectivity index (χ1) is 16.5. The number of aromatic nitrogens is 4. The molecule has 13 heteroatoms. The van der Waals surface area contributed by atoms with E-state index in [2.05, 4.69) is 25.5 Å². The number of pyridine rings is 2. The second-order valence-electron chi connectivity index (χ2n) is 7.31. The maximum atomic E-state index is 13.1. The van der Waals surface area contributed by atoms with Crippen molar-refractivity contribution in [2.75, 3.05) is 38.0 Å². The van der Waals surface area contributed by atoms with Crippen molar-refractivity contribution in [3.63, 3.8) is 0 Å². The average molecular weight is 524 g/mol. The highest BCUT2D eigenvalue weighted by Gasteiger charge is 2.23. The molecule has 2 N–H and O–H groups in total. The van der Waals surface area contributed by atoms with E-state index in [0.29, 0.717) is 50.9 Å². The molecule has 10 nitrogen and oxygen atoms in total. The fraction of sp³-hybridized carbons (Fsp3) is 0.381. The van der Waals surface area contributed by atoms with Gasteiger partial charge in [0, 0.05) is 28.8 Å². The van der Waals surface area contributed by atoms with Gasteiger partial charge in [0.05, 0.1) is 44.8 Å². The Morgan fingerprint density at radius 2 is 2.03 bits per heavy atom. The minimum absolute atomic E-state index is 0.0570. The Bertz CT molecular complexity index is 1160. The number of nitrogens with one attached hydrogen (secondary N) is 1. The van der Waals surface area contributed by atoms with Gasteiger partial charge in [0.2, 0.25) is 5.13 Å². The Hall–Kier alpha value is -2.35. The highest BCUT2D eigenvalue weighted by atomic mass is 35.5. The number of thioether (sulfide) groups is 1. The fourth-order valence-corrected chi connectivity index (χ4v) is 5.11. The van der Waals surface area contributed by atoms with Crippen LogP contribution in [0.2, 0.25) is 5.15 Å². The molecule has 34 heavy (non-hydrogen) atoms. The summed E-state index contributed by atoms with van der Waals surface area (Å²) in [6.07, 6.45) is 2.64. The van der Waals surface area contributed by atoms with Gasteiger partial charge in [-0.3, -0.25) is 15.1 Å². The van der Waals surface area contributed by atoms with Crippen molar-refractivity contribution in [2.45, 2.75) is 23.5 Å². The van der Waals surface area contributed by atoms with E-state index in [1.165, 1.54) is 42.6 Å². The van der Waals surface area contributed by atoms with E-state index in [0.717, 1.165) is 5.69 Å². The minimum Gasteiger partial charge on any atom is -0.494 e. The van der Waals surface area contributed by atoms with E-state index in [4.69, 9.17) is 30.9 Å². The number of carbonyl (C=O) groups is 1. The normalized spacial score (nSPS) is 18.0. The number of nitrogens with zero attached hydrogens (tertiary/aromatic N) is 4. The summed E-state index contributed by atoms with van der Waals surface area (Å²) in [5.74, 6) is 0.720. The van der Waals surface area contributed by atoms with Gasteiger partial charge in [0.25, 0.3) is 5.91 Å². The Kier molecular flexibility index (Phi) is 8.29. The van der Waals surface area contributed by atoms with Gasteiger partial charge < -0.3 is 19.3 Å². The summed E-state index contributed by atoms with van der Waals surface area (Å²) in [5.41, 5.74) is 2.31. The van der Waals surface area contributed by atoms with Crippen LogP contribution < -0.4 is 10.1 Å². The number of aliphatic hydroxyl groups is 1. The van der Waals surface area contributed by atoms with Crippen LogP contribution in [0.25, 0.3) is 11.1 Å². The number of aryl methyl sites for hydroxylation is 1. The first-order valence-electron chi connectivity index (χ1n) is 10.2. The van der Waals surface area contributed by atoms with Crippen molar-refractivity contribution < 1.29 is 24.1 Å². The molecule has 180 valence electrons. The Morgan fingerprint density at radius 1 is 1.24 bits per heavy atom. The zero-order valence-electron chi connectivity index (χ0n) is 18.4. The molecule has 1 saturated heterocycles. The number of anilines is 1. The summed E-state index contributed by atoms with van der Waals surface area (Å²) in [4.78, 5) is 21.4. The van der Waals surface area contributed by atoms with E-state index in [1.807, 2.05) is 6.92 Å². The van der Waals surface area contributed by atoms with E-state index in [1.54, 1.807) is 12.1 Å². The molecule has 0 aliphatic carbocycles. The molecule has 1 amide bonds. The number of hydrogen-bond donors (Lipinski definition) is 2. The van der Waals surface area contributed by atoms with Crippen molar-refractivity contribution in [3.05, 3.63) is 40.9 Å². The summed E-state index contributed by atoms with van der Waals surface area (Å²) in [6, 6.07) is 3.43. The predicted octanol–water partition coefficient (Wildman–Crippen LogP) is 3.09. The van der Waals surface area contributed by atoms with Crippen LogP contribution in [0.5, 0.6) is 5.75 Å². The molecule has 4 rings (SSSR count). The van der Waals surface area contributed by atoms with Crippen molar-refractivity contribution in [2.24, 2.45) is 0 Å². The lowest BCUT2D eigenvalue weighted by Gasteiger charge is -2.27. The van der Waals surface area contributed by atoms with Crippen molar-refractivity contribution in [1.82, 2.24) is 20.2 Å². The molecular weight excluding hydrogens is 502 g/mol. The molecule has 1 aliphatic rings. The molecular formula is C21H22ClN5O5S2. The first-order valence-corrected chi connectivity index (χ1v) is 12.4. The second-order valence-corrected chi connectivity index (χ2v) is 9.94. The zero-order valence-corrected chi connectivity index (χ0v) is 20.7. The van der Waals surface area contributed by atoms with Crippen LogP contribution in [0.4, 0.5) is 5.13 Å².